The van der Waals surface area contributed by atoms with Gasteiger partial charge in [0.05, 0.1) is 5.75 Å². The molecule has 1 N–H and O–H groups in total. The van der Waals surface area contributed by atoms with E-state index in [1.54, 1.807) is 0 Å². The molecule has 27 heavy (non-hydrogen) atoms. The van der Waals surface area contributed by atoms with Gasteiger partial charge in [0.15, 0.2) is 11.0 Å². The molecule has 0 fully saturated rings. The molecule has 0 aliphatic rings. The zero-order chi connectivity index (χ0) is 19.2. The van der Waals surface area contributed by atoms with Crippen molar-refractivity contribution < 1.29 is 9.53 Å². The van der Waals surface area contributed by atoms with Crippen LogP contribution >= 0.6 is 11.8 Å². The second-order valence-corrected chi connectivity index (χ2v) is 7.21. The Hall–Kier alpha value is -2.80. The number of hydrogen-bond acceptors (Lipinski definition) is 5. The van der Waals surface area contributed by atoms with Gasteiger partial charge in [0.2, 0.25) is 5.91 Å². The van der Waals surface area contributed by atoms with Crippen molar-refractivity contribution in [1.29, 1.82) is 0 Å². The summed E-state index contributed by atoms with van der Waals surface area (Å²) in [7, 11) is 1.87. The molecule has 0 aliphatic heterocycles. The number of aryl methyl sites for hydroxylation is 2. The highest BCUT2D eigenvalue weighted by molar-refractivity contribution is 7.99. The SMILES string of the molecule is Cc1cccc(NC(=O)CSc2nnc(COc3cccc(C)c3)n2C)c1. The van der Waals surface area contributed by atoms with Gasteiger partial charge in [-0.2, -0.15) is 0 Å². The predicted molar refractivity (Wildman–Crippen MR) is 107 cm³/mol. The number of aromatic nitrogens is 3. The molecule has 0 aliphatic carbocycles. The summed E-state index contributed by atoms with van der Waals surface area (Å²) in [5, 5.41) is 11.9. The molecule has 0 bridgehead atoms. The van der Waals surface area contributed by atoms with E-state index in [9.17, 15) is 4.79 Å². The molecule has 0 unspecified atom stereocenters. The van der Waals surface area contributed by atoms with Crippen LogP contribution in [0.2, 0.25) is 0 Å². The van der Waals surface area contributed by atoms with Gasteiger partial charge in [-0.1, -0.05) is 36.0 Å². The average molecular weight is 382 g/mol. The van der Waals surface area contributed by atoms with Crippen molar-refractivity contribution in [3.8, 4) is 5.75 Å². The van der Waals surface area contributed by atoms with Crippen molar-refractivity contribution >= 4 is 23.4 Å². The van der Waals surface area contributed by atoms with Crippen molar-refractivity contribution in [3.63, 3.8) is 0 Å². The van der Waals surface area contributed by atoms with Crippen molar-refractivity contribution in [2.45, 2.75) is 25.6 Å². The maximum Gasteiger partial charge on any atom is 0.234 e. The number of nitrogens with one attached hydrogen (secondary N) is 1. The number of anilines is 1. The van der Waals surface area contributed by atoms with E-state index in [0.717, 1.165) is 22.6 Å². The average Bonchev–Trinajstić information content (AvgIpc) is 2.98. The summed E-state index contributed by atoms with van der Waals surface area (Å²) >= 11 is 1.35. The molecular weight excluding hydrogens is 360 g/mol. The van der Waals surface area contributed by atoms with E-state index in [4.69, 9.17) is 4.74 Å². The zero-order valence-corrected chi connectivity index (χ0v) is 16.4. The van der Waals surface area contributed by atoms with Crippen LogP contribution in [0.1, 0.15) is 17.0 Å². The Morgan fingerprint density at radius 3 is 2.59 bits per heavy atom. The fourth-order valence-electron chi connectivity index (χ4n) is 2.50. The molecule has 1 amide bonds. The Labute approximate surface area is 163 Å². The number of rotatable bonds is 7. The van der Waals surface area contributed by atoms with Gasteiger partial charge in [0.25, 0.3) is 0 Å². The maximum absolute atomic E-state index is 12.1. The quantitative estimate of drug-likeness (QED) is 0.631. The molecule has 0 spiro atoms. The van der Waals surface area contributed by atoms with Crippen molar-refractivity contribution in [2.24, 2.45) is 7.05 Å². The molecule has 0 radical (unpaired) electrons. The smallest absolute Gasteiger partial charge is 0.234 e. The van der Waals surface area contributed by atoms with E-state index in [1.807, 2.05) is 74.0 Å². The summed E-state index contributed by atoms with van der Waals surface area (Å²) in [4.78, 5) is 12.1. The molecular formula is C20H22N4O2S. The fraction of sp³-hybridized carbons (Fsp3) is 0.250. The highest BCUT2D eigenvalue weighted by Crippen LogP contribution is 2.18. The first-order valence-electron chi connectivity index (χ1n) is 8.58. The molecule has 3 aromatic rings. The Bertz CT molecular complexity index is 939. The van der Waals surface area contributed by atoms with Gasteiger partial charge in [0, 0.05) is 12.7 Å². The second-order valence-electron chi connectivity index (χ2n) is 6.27. The number of hydrogen-bond donors (Lipinski definition) is 1. The first-order valence-corrected chi connectivity index (χ1v) is 9.57. The Morgan fingerprint density at radius 1 is 1.11 bits per heavy atom. The van der Waals surface area contributed by atoms with E-state index in [-0.39, 0.29) is 11.7 Å². The van der Waals surface area contributed by atoms with Crippen LogP contribution in [0.25, 0.3) is 0 Å². The van der Waals surface area contributed by atoms with Crippen LogP contribution in [0.3, 0.4) is 0 Å². The molecule has 0 saturated heterocycles. The van der Waals surface area contributed by atoms with Gasteiger partial charge >= 0.3 is 0 Å². The molecule has 3 rings (SSSR count). The van der Waals surface area contributed by atoms with E-state index in [1.165, 1.54) is 11.8 Å². The molecule has 140 valence electrons. The molecule has 1 aromatic heterocycles. The summed E-state index contributed by atoms with van der Waals surface area (Å²) in [5.41, 5.74) is 3.04. The Balaban J connectivity index is 1.53. The summed E-state index contributed by atoms with van der Waals surface area (Å²) < 4.78 is 7.62. The van der Waals surface area contributed by atoms with Gasteiger partial charge in [0.1, 0.15) is 12.4 Å². The highest BCUT2D eigenvalue weighted by atomic mass is 32.2. The van der Waals surface area contributed by atoms with Crippen molar-refractivity contribution in [2.75, 3.05) is 11.1 Å². The van der Waals surface area contributed by atoms with Gasteiger partial charge in [-0.05, 0) is 49.2 Å². The third-order valence-corrected chi connectivity index (χ3v) is 4.94. The molecule has 0 atom stereocenters. The third kappa shape index (κ3) is 5.34. The summed E-state index contributed by atoms with van der Waals surface area (Å²) in [6.45, 7) is 4.33. The Kier molecular flexibility index (Phi) is 6.13. The zero-order valence-electron chi connectivity index (χ0n) is 15.6. The van der Waals surface area contributed by atoms with Gasteiger partial charge in [-0.25, -0.2) is 0 Å². The van der Waals surface area contributed by atoms with E-state index >= 15 is 0 Å². The molecule has 0 saturated carbocycles. The van der Waals surface area contributed by atoms with Crippen LogP contribution in [0.15, 0.2) is 53.7 Å². The highest BCUT2D eigenvalue weighted by Gasteiger charge is 2.12. The summed E-state index contributed by atoms with van der Waals surface area (Å²) in [5.74, 6) is 1.69. The maximum atomic E-state index is 12.1. The van der Waals surface area contributed by atoms with Crippen molar-refractivity contribution in [3.05, 3.63) is 65.5 Å². The number of nitrogens with zero attached hydrogens (tertiary/aromatic N) is 3. The summed E-state index contributed by atoms with van der Waals surface area (Å²) in [6, 6.07) is 15.6. The minimum atomic E-state index is -0.0776. The minimum absolute atomic E-state index is 0.0776. The number of thioether (sulfide) groups is 1. The fourth-order valence-corrected chi connectivity index (χ4v) is 3.23. The molecule has 7 heteroatoms. The van der Waals surface area contributed by atoms with Gasteiger partial charge < -0.3 is 14.6 Å². The lowest BCUT2D eigenvalue weighted by atomic mass is 10.2. The largest absolute Gasteiger partial charge is 0.486 e. The van der Waals surface area contributed by atoms with E-state index in [2.05, 4.69) is 15.5 Å². The number of benzene rings is 2. The molecule has 1 heterocycles. The normalized spacial score (nSPS) is 10.6. The Morgan fingerprint density at radius 2 is 1.85 bits per heavy atom. The number of amides is 1. The van der Waals surface area contributed by atoms with Crippen LogP contribution in [-0.2, 0) is 18.4 Å². The lowest BCUT2D eigenvalue weighted by Gasteiger charge is -2.07. The van der Waals surface area contributed by atoms with Crippen LogP contribution in [-0.4, -0.2) is 26.4 Å². The third-order valence-electron chi connectivity index (χ3n) is 3.92. The number of carbonyl (C=O) groups is 1. The van der Waals surface area contributed by atoms with E-state index < -0.39 is 0 Å². The lowest BCUT2D eigenvalue weighted by molar-refractivity contribution is -0.113. The van der Waals surface area contributed by atoms with Crippen LogP contribution in [0.5, 0.6) is 5.75 Å². The monoisotopic (exact) mass is 382 g/mol. The first-order chi connectivity index (χ1) is 13.0. The first kappa shape index (κ1) is 19.0. The molecule has 6 nitrogen and oxygen atoms in total. The van der Waals surface area contributed by atoms with Gasteiger partial charge in [-0.15, -0.1) is 10.2 Å². The number of ether oxygens (including phenoxy) is 1. The second kappa shape index (κ2) is 8.73. The van der Waals surface area contributed by atoms with Crippen molar-refractivity contribution in [1.82, 2.24) is 14.8 Å². The topological polar surface area (TPSA) is 69.0 Å². The molecule has 2 aromatic carbocycles. The van der Waals surface area contributed by atoms with Crippen LogP contribution < -0.4 is 10.1 Å². The predicted octanol–water partition coefficient (Wildman–Crippen LogP) is 3.74. The minimum Gasteiger partial charge on any atom is -0.486 e. The lowest BCUT2D eigenvalue weighted by Crippen LogP contribution is -2.14. The standard InChI is InChI=1S/C20H22N4O2S/c1-14-6-4-8-16(10-14)21-19(25)13-27-20-23-22-18(24(20)3)12-26-17-9-5-7-15(2)11-17/h4-11H,12-13H2,1-3H3,(H,21,25). The van der Waals surface area contributed by atoms with Crippen LogP contribution in [0.4, 0.5) is 5.69 Å². The van der Waals surface area contributed by atoms with Crippen LogP contribution in [0, 0.1) is 13.8 Å². The van der Waals surface area contributed by atoms with Gasteiger partial charge in [-0.3, -0.25) is 4.79 Å². The van der Waals surface area contributed by atoms with E-state index in [0.29, 0.717) is 17.6 Å². The summed E-state index contributed by atoms with van der Waals surface area (Å²) in [6.07, 6.45) is 0. The number of carbonyl (C=O) groups excluding carboxylic acids is 1.